The van der Waals surface area contributed by atoms with Gasteiger partial charge in [0.15, 0.2) is 0 Å². The van der Waals surface area contributed by atoms with Crippen molar-refractivity contribution in [3.8, 4) is 0 Å². The van der Waals surface area contributed by atoms with Gasteiger partial charge in [0.05, 0.1) is 6.67 Å². The lowest BCUT2D eigenvalue weighted by Gasteiger charge is -2.18. The highest BCUT2D eigenvalue weighted by Gasteiger charge is 2.28. The van der Waals surface area contributed by atoms with E-state index in [1.807, 2.05) is 16.7 Å². The van der Waals surface area contributed by atoms with Crippen molar-refractivity contribution < 1.29 is 0 Å². The van der Waals surface area contributed by atoms with E-state index in [0.29, 0.717) is 18.2 Å². The number of H-pyrrole nitrogens is 2. The van der Waals surface area contributed by atoms with Gasteiger partial charge >= 0.3 is 5.69 Å². The second-order valence-electron chi connectivity index (χ2n) is 3.87. The molecule has 0 fully saturated rings. The standard InChI is InChI=1S/C10H16N4O2/c1-3-5-14-6-13(4-2)8-7(14)9(15)12-10(16)11-8/h3-6H2,1-2H3,(H2,11,12,15,16). The number of hydrogen-bond donors (Lipinski definition) is 2. The number of nitrogens with zero attached hydrogens (tertiary/aromatic N) is 2. The lowest BCUT2D eigenvalue weighted by molar-refractivity contribution is 0.755. The van der Waals surface area contributed by atoms with Gasteiger partial charge in [-0.15, -0.1) is 0 Å². The molecule has 88 valence electrons. The number of aromatic amines is 2. The van der Waals surface area contributed by atoms with E-state index >= 15 is 0 Å². The van der Waals surface area contributed by atoms with Crippen LogP contribution in [0.1, 0.15) is 20.3 Å². The minimum atomic E-state index is -0.444. The second kappa shape index (κ2) is 4.03. The topological polar surface area (TPSA) is 72.2 Å². The molecule has 0 aromatic carbocycles. The molecule has 0 atom stereocenters. The zero-order valence-corrected chi connectivity index (χ0v) is 9.54. The summed E-state index contributed by atoms with van der Waals surface area (Å²) >= 11 is 0. The molecular weight excluding hydrogens is 208 g/mol. The van der Waals surface area contributed by atoms with Crippen molar-refractivity contribution in [2.45, 2.75) is 20.3 Å². The van der Waals surface area contributed by atoms with E-state index in [-0.39, 0.29) is 5.56 Å². The van der Waals surface area contributed by atoms with Crippen LogP contribution in [-0.2, 0) is 0 Å². The molecule has 0 saturated heterocycles. The molecule has 2 N–H and O–H groups in total. The largest absolute Gasteiger partial charge is 0.346 e. The number of hydrogen-bond acceptors (Lipinski definition) is 4. The van der Waals surface area contributed by atoms with Crippen molar-refractivity contribution >= 4 is 11.5 Å². The molecule has 6 nitrogen and oxygen atoms in total. The molecule has 0 radical (unpaired) electrons. The average molecular weight is 224 g/mol. The Bertz CT molecular complexity index is 490. The first-order valence-corrected chi connectivity index (χ1v) is 5.53. The molecule has 1 aliphatic rings. The molecule has 0 unspecified atom stereocenters. The Morgan fingerprint density at radius 1 is 1.19 bits per heavy atom. The fourth-order valence-corrected chi connectivity index (χ4v) is 2.05. The summed E-state index contributed by atoms with van der Waals surface area (Å²) in [5.41, 5.74) is -0.160. The Morgan fingerprint density at radius 3 is 2.56 bits per heavy atom. The Kier molecular flexibility index (Phi) is 2.72. The van der Waals surface area contributed by atoms with Gasteiger partial charge in [0.1, 0.15) is 11.5 Å². The van der Waals surface area contributed by atoms with E-state index in [0.717, 1.165) is 19.5 Å². The summed E-state index contributed by atoms with van der Waals surface area (Å²) in [6, 6.07) is 0. The third-order valence-electron chi connectivity index (χ3n) is 2.75. The molecule has 1 aromatic rings. The van der Waals surface area contributed by atoms with E-state index < -0.39 is 5.69 Å². The van der Waals surface area contributed by atoms with Crippen molar-refractivity contribution in [1.29, 1.82) is 0 Å². The Labute approximate surface area is 92.9 Å². The van der Waals surface area contributed by atoms with Crippen LogP contribution in [0.4, 0.5) is 11.5 Å². The van der Waals surface area contributed by atoms with Crippen LogP contribution in [0.2, 0.25) is 0 Å². The van der Waals surface area contributed by atoms with Gasteiger partial charge < -0.3 is 9.80 Å². The molecular formula is C10H16N4O2. The fourth-order valence-electron chi connectivity index (χ4n) is 2.05. The van der Waals surface area contributed by atoms with Crippen LogP contribution in [-0.4, -0.2) is 29.7 Å². The Hall–Kier alpha value is -1.72. The van der Waals surface area contributed by atoms with Gasteiger partial charge in [-0.25, -0.2) is 4.79 Å². The monoisotopic (exact) mass is 224 g/mol. The maximum Gasteiger partial charge on any atom is 0.327 e. The highest BCUT2D eigenvalue weighted by Crippen LogP contribution is 2.28. The third kappa shape index (κ3) is 1.60. The summed E-state index contributed by atoms with van der Waals surface area (Å²) in [6.45, 7) is 6.32. The van der Waals surface area contributed by atoms with Gasteiger partial charge in [0.2, 0.25) is 0 Å². The van der Waals surface area contributed by atoms with Gasteiger partial charge in [0, 0.05) is 13.1 Å². The minimum absolute atomic E-state index is 0.303. The van der Waals surface area contributed by atoms with E-state index in [2.05, 4.69) is 16.9 Å². The molecule has 0 saturated carbocycles. The highest BCUT2D eigenvalue weighted by molar-refractivity contribution is 5.71. The van der Waals surface area contributed by atoms with Crippen LogP contribution < -0.4 is 21.0 Å². The maximum atomic E-state index is 11.7. The first-order chi connectivity index (χ1) is 7.67. The molecule has 2 rings (SSSR count). The molecule has 6 heteroatoms. The SMILES string of the molecule is CCCN1CN(CC)c2[nH]c(=O)[nH]c(=O)c21. The van der Waals surface area contributed by atoms with Crippen molar-refractivity contribution in [2.24, 2.45) is 0 Å². The first-order valence-electron chi connectivity index (χ1n) is 5.53. The van der Waals surface area contributed by atoms with Gasteiger partial charge in [-0.1, -0.05) is 6.92 Å². The smallest absolute Gasteiger partial charge is 0.327 e. The Balaban J connectivity index is 2.53. The van der Waals surface area contributed by atoms with Gasteiger partial charge in [-0.2, -0.15) is 0 Å². The molecule has 1 aromatic heterocycles. The fraction of sp³-hybridized carbons (Fsp3) is 0.600. The van der Waals surface area contributed by atoms with Crippen molar-refractivity contribution in [2.75, 3.05) is 29.6 Å². The second-order valence-corrected chi connectivity index (χ2v) is 3.87. The van der Waals surface area contributed by atoms with E-state index in [1.54, 1.807) is 0 Å². The summed E-state index contributed by atoms with van der Waals surface area (Å²) < 4.78 is 0. The molecule has 0 spiro atoms. The number of anilines is 2. The van der Waals surface area contributed by atoms with Crippen LogP contribution in [0.3, 0.4) is 0 Å². The molecule has 2 heterocycles. The van der Waals surface area contributed by atoms with Crippen molar-refractivity contribution in [1.82, 2.24) is 9.97 Å². The highest BCUT2D eigenvalue weighted by atomic mass is 16.2. The molecule has 0 bridgehead atoms. The maximum absolute atomic E-state index is 11.7. The normalized spacial score (nSPS) is 14.4. The van der Waals surface area contributed by atoms with Crippen molar-refractivity contribution in [3.63, 3.8) is 0 Å². The number of fused-ring (bicyclic) bond motifs is 1. The predicted octanol–water partition coefficient (Wildman–Crippen LogP) is 0.0770. The predicted molar refractivity (Wildman–Crippen MR) is 63.2 cm³/mol. The lowest BCUT2D eigenvalue weighted by atomic mass is 10.4. The molecule has 0 aliphatic carbocycles. The quantitative estimate of drug-likeness (QED) is 0.762. The van der Waals surface area contributed by atoms with Crippen LogP contribution in [0.5, 0.6) is 0 Å². The summed E-state index contributed by atoms with van der Waals surface area (Å²) in [5, 5.41) is 0. The number of aromatic nitrogens is 2. The number of rotatable bonds is 3. The summed E-state index contributed by atoms with van der Waals surface area (Å²) in [5.74, 6) is 0.643. The van der Waals surface area contributed by atoms with Crippen molar-refractivity contribution in [3.05, 3.63) is 20.8 Å². The van der Waals surface area contributed by atoms with Crippen LogP contribution in [0.15, 0.2) is 9.59 Å². The zero-order valence-electron chi connectivity index (χ0n) is 9.54. The summed E-state index contributed by atoms with van der Waals surface area (Å²) in [4.78, 5) is 31.9. The summed E-state index contributed by atoms with van der Waals surface area (Å²) in [7, 11) is 0. The lowest BCUT2D eigenvalue weighted by Crippen LogP contribution is -2.32. The third-order valence-corrected chi connectivity index (χ3v) is 2.75. The van der Waals surface area contributed by atoms with Crippen LogP contribution >= 0.6 is 0 Å². The first kappa shape index (κ1) is 10.8. The minimum Gasteiger partial charge on any atom is -0.346 e. The average Bonchev–Trinajstić information content (AvgIpc) is 2.57. The molecule has 1 aliphatic heterocycles. The summed E-state index contributed by atoms with van der Waals surface area (Å²) in [6.07, 6.45) is 0.968. The molecule has 0 amide bonds. The van der Waals surface area contributed by atoms with Gasteiger partial charge in [0.25, 0.3) is 5.56 Å². The molecule has 16 heavy (non-hydrogen) atoms. The van der Waals surface area contributed by atoms with Gasteiger partial charge in [-0.3, -0.25) is 14.8 Å². The van der Waals surface area contributed by atoms with Crippen LogP contribution in [0.25, 0.3) is 0 Å². The van der Waals surface area contributed by atoms with Gasteiger partial charge in [-0.05, 0) is 13.3 Å². The number of nitrogens with one attached hydrogen (secondary N) is 2. The zero-order chi connectivity index (χ0) is 11.7. The van der Waals surface area contributed by atoms with Crippen LogP contribution in [0, 0.1) is 0 Å². The Morgan fingerprint density at radius 2 is 1.94 bits per heavy atom. The van der Waals surface area contributed by atoms with E-state index in [9.17, 15) is 9.59 Å². The van der Waals surface area contributed by atoms with E-state index in [1.165, 1.54) is 0 Å². The van der Waals surface area contributed by atoms with E-state index in [4.69, 9.17) is 0 Å².